The van der Waals surface area contributed by atoms with E-state index in [1.165, 1.54) is 0 Å². The molecule has 3 fully saturated rings. The van der Waals surface area contributed by atoms with Gasteiger partial charge < -0.3 is 4.74 Å². The second-order valence-electron chi connectivity index (χ2n) is 9.00. The summed E-state index contributed by atoms with van der Waals surface area (Å²) in [7, 11) is 0. The van der Waals surface area contributed by atoms with Crippen LogP contribution in [0.1, 0.15) is 52.9 Å². The zero-order valence-corrected chi connectivity index (χ0v) is 14.8. The number of carbonyl (C=O) groups is 1. The molecule has 5 atom stereocenters. The Balaban J connectivity index is 1.77. The minimum Gasteiger partial charge on any atom is -0.461 e. The molecule has 0 saturated heterocycles. The summed E-state index contributed by atoms with van der Waals surface area (Å²) in [6, 6.07) is 0. The van der Waals surface area contributed by atoms with Gasteiger partial charge in [0.05, 0.1) is 6.61 Å². The van der Waals surface area contributed by atoms with Crippen LogP contribution in [0.2, 0.25) is 0 Å². The quantitative estimate of drug-likeness (QED) is 0.505. The fourth-order valence-electron chi connectivity index (χ4n) is 6.26. The molecule has 0 aliphatic heterocycles. The Morgan fingerprint density at radius 1 is 1.08 bits per heavy atom. The Morgan fingerprint density at radius 2 is 1.72 bits per heavy atom. The fraction of sp³-hybridized carbons (Fsp3) is 0.944. The Hall–Kier alpha value is -0.880. The van der Waals surface area contributed by atoms with E-state index in [-0.39, 0.29) is 29.3 Å². The van der Waals surface area contributed by atoms with E-state index in [1.54, 1.807) is 0 Å². The molecule has 5 unspecified atom stereocenters. The summed E-state index contributed by atoms with van der Waals surface area (Å²) in [5.41, 5.74) is -0.0204. The number of esters is 1. The van der Waals surface area contributed by atoms with Crippen LogP contribution in [0.4, 0.5) is 22.0 Å². The van der Waals surface area contributed by atoms with Crippen molar-refractivity contribution >= 4 is 5.97 Å². The van der Waals surface area contributed by atoms with Gasteiger partial charge in [-0.2, -0.15) is 22.0 Å². The average Bonchev–Trinajstić information content (AvgIpc) is 2.96. The molecule has 0 N–H and O–H groups in total. The van der Waals surface area contributed by atoms with Crippen LogP contribution in [0.3, 0.4) is 0 Å². The third-order valence-corrected chi connectivity index (χ3v) is 7.36. The molecular weight excluding hydrogens is 343 g/mol. The third kappa shape index (κ3) is 2.67. The van der Waals surface area contributed by atoms with E-state index in [0.717, 1.165) is 32.1 Å². The van der Waals surface area contributed by atoms with Gasteiger partial charge >= 0.3 is 18.1 Å². The van der Waals surface area contributed by atoms with E-state index in [4.69, 9.17) is 0 Å². The van der Waals surface area contributed by atoms with E-state index in [9.17, 15) is 26.7 Å². The third-order valence-electron chi connectivity index (χ3n) is 7.36. The smallest absolute Gasteiger partial charge is 0.461 e. The summed E-state index contributed by atoms with van der Waals surface area (Å²) in [5.74, 6) is -6.97. The van der Waals surface area contributed by atoms with Crippen LogP contribution in [-0.4, -0.2) is 24.7 Å². The second kappa shape index (κ2) is 5.56. The lowest BCUT2D eigenvalue weighted by atomic mass is 9.65. The number of hydrogen-bond acceptors (Lipinski definition) is 2. The summed E-state index contributed by atoms with van der Waals surface area (Å²) < 4.78 is 67.8. The molecule has 144 valence electrons. The molecule has 3 aliphatic carbocycles. The molecule has 0 aromatic rings. The molecule has 0 aromatic heterocycles. The van der Waals surface area contributed by atoms with Crippen molar-refractivity contribution in [1.29, 1.82) is 0 Å². The first-order chi connectivity index (χ1) is 11.3. The van der Waals surface area contributed by atoms with Gasteiger partial charge in [-0.1, -0.05) is 27.2 Å². The van der Waals surface area contributed by atoms with E-state index in [1.807, 2.05) is 0 Å². The highest BCUT2D eigenvalue weighted by Gasteiger charge is 2.67. The van der Waals surface area contributed by atoms with Gasteiger partial charge in [-0.15, -0.1) is 0 Å². The lowest BCUT2D eigenvalue weighted by Crippen LogP contribution is -2.46. The van der Waals surface area contributed by atoms with Crippen molar-refractivity contribution < 1.29 is 31.5 Å². The molecule has 2 nitrogen and oxygen atoms in total. The van der Waals surface area contributed by atoms with E-state index >= 15 is 0 Å². The van der Waals surface area contributed by atoms with Gasteiger partial charge in [-0.25, -0.2) is 4.79 Å². The number of carbonyl (C=O) groups excluding carboxylic acids is 1. The molecular formula is C18H25F5O2. The number of ether oxygens (including phenoxy) is 1. The Morgan fingerprint density at radius 3 is 2.32 bits per heavy atom. The Kier molecular flexibility index (Phi) is 4.20. The summed E-state index contributed by atoms with van der Waals surface area (Å²) >= 11 is 0. The van der Waals surface area contributed by atoms with Crippen molar-refractivity contribution in [1.82, 2.24) is 0 Å². The summed E-state index contributed by atoms with van der Waals surface area (Å²) in [6.45, 7) is 6.21. The molecule has 0 heterocycles. The zero-order valence-electron chi connectivity index (χ0n) is 14.8. The van der Waals surface area contributed by atoms with Crippen LogP contribution in [0.5, 0.6) is 0 Å². The highest BCUT2D eigenvalue weighted by Crippen LogP contribution is 2.70. The van der Waals surface area contributed by atoms with Gasteiger partial charge in [-0.05, 0) is 54.3 Å². The van der Waals surface area contributed by atoms with Crippen molar-refractivity contribution in [3.8, 4) is 0 Å². The van der Waals surface area contributed by atoms with Crippen molar-refractivity contribution in [2.75, 3.05) is 6.61 Å². The van der Waals surface area contributed by atoms with Gasteiger partial charge in [0.2, 0.25) is 0 Å². The molecule has 3 saturated carbocycles. The van der Waals surface area contributed by atoms with E-state index < -0.39 is 18.1 Å². The standard InChI is InChI=1S/C18H25F5O2/c1-15(2)7-4-8-16(3)11-6-5-10(13(11)15)12(16)9-25-14(24)17(19,20)18(21,22)23/h10-13H,4-9H2,1-3H3. The maximum absolute atomic E-state index is 13.1. The first kappa shape index (κ1) is 18.9. The lowest BCUT2D eigenvalue weighted by Gasteiger charge is -2.41. The highest BCUT2D eigenvalue weighted by atomic mass is 19.4. The van der Waals surface area contributed by atoms with Crippen molar-refractivity contribution in [2.24, 2.45) is 34.5 Å². The van der Waals surface area contributed by atoms with E-state index in [2.05, 4.69) is 25.5 Å². The van der Waals surface area contributed by atoms with Gasteiger partial charge in [0.1, 0.15) is 0 Å². The molecule has 0 radical (unpaired) electrons. The number of halogens is 5. The summed E-state index contributed by atoms with van der Waals surface area (Å²) in [5, 5.41) is 0. The molecule has 7 heteroatoms. The number of hydrogen-bond donors (Lipinski definition) is 0. The Bertz CT molecular complexity index is 556. The normalized spacial score (nSPS) is 40.0. The van der Waals surface area contributed by atoms with Crippen LogP contribution >= 0.6 is 0 Å². The van der Waals surface area contributed by atoms with E-state index in [0.29, 0.717) is 11.8 Å². The van der Waals surface area contributed by atoms with Crippen LogP contribution in [0, 0.1) is 34.5 Å². The molecule has 4 bridgehead atoms. The van der Waals surface area contributed by atoms with Gasteiger partial charge in [-0.3, -0.25) is 0 Å². The van der Waals surface area contributed by atoms with Crippen LogP contribution in [0.25, 0.3) is 0 Å². The molecule has 25 heavy (non-hydrogen) atoms. The Labute approximate surface area is 144 Å². The molecule has 3 rings (SSSR count). The maximum Gasteiger partial charge on any atom is 0.465 e. The van der Waals surface area contributed by atoms with Gasteiger partial charge in [0.25, 0.3) is 0 Å². The average molecular weight is 368 g/mol. The van der Waals surface area contributed by atoms with Gasteiger partial charge in [0, 0.05) is 5.92 Å². The predicted octanol–water partition coefficient (Wildman–Crippen LogP) is 5.22. The number of alkyl halides is 5. The minimum atomic E-state index is -5.92. The van der Waals surface area contributed by atoms with Crippen LogP contribution < -0.4 is 0 Å². The first-order valence-corrected chi connectivity index (χ1v) is 8.94. The fourth-order valence-corrected chi connectivity index (χ4v) is 6.26. The van der Waals surface area contributed by atoms with Crippen LogP contribution in [0.15, 0.2) is 0 Å². The van der Waals surface area contributed by atoms with Crippen LogP contribution in [-0.2, 0) is 9.53 Å². The predicted molar refractivity (Wildman–Crippen MR) is 80.9 cm³/mol. The SMILES string of the molecule is CC1(C)CCCC2(C)C(COC(=O)C(F)(F)C(F)(F)F)C3CCC2C31. The zero-order chi connectivity index (χ0) is 18.8. The first-order valence-electron chi connectivity index (χ1n) is 8.94. The molecule has 0 amide bonds. The summed E-state index contributed by atoms with van der Waals surface area (Å²) in [6.07, 6.45) is -0.903. The van der Waals surface area contributed by atoms with Crippen molar-refractivity contribution in [2.45, 2.75) is 65.0 Å². The highest BCUT2D eigenvalue weighted by molar-refractivity contribution is 5.78. The lowest BCUT2D eigenvalue weighted by molar-refractivity contribution is -0.281. The molecule has 0 spiro atoms. The van der Waals surface area contributed by atoms with Crippen molar-refractivity contribution in [3.05, 3.63) is 0 Å². The monoisotopic (exact) mass is 368 g/mol. The maximum atomic E-state index is 13.1. The van der Waals surface area contributed by atoms with Gasteiger partial charge in [0.15, 0.2) is 0 Å². The second-order valence-corrected chi connectivity index (χ2v) is 9.00. The molecule has 0 aromatic carbocycles. The van der Waals surface area contributed by atoms with Crippen molar-refractivity contribution in [3.63, 3.8) is 0 Å². The number of rotatable bonds is 3. The summed E-state index contributed by atoms with van der Waals surface area (Å²) in [4.78, 5) is 11.4. The minimum absolute atomic E-state index is 0.123. The largest absolute Gasteiger partial charge is 0.465 e. The molecule has 3 aliphatic rings. The topological polar surface area (TPSA) is 26.3 Å².